The minimum absolute atomic E-state index is 0.539. The van der Waals surface area contributed by atoms with Crippen LogP contribution in [-0.2, 0) is 0 Å². The molecule has 0 unspecified atom stereocenters. The molecule has 1 heterocycles. The van der Waals surface area contributed by atoms with Crippen molar-refractivity contribution >= 4 is 33.9 Å². The van der Waals surface area contributed by atoms with Crippen LogP contribution in [0.1, 0.15) is 12.8 Å². The summed E-state index contributed by atoms with van der Waals surface area (Å²) in [4.78, 5) is 0. The molecule has 1 fully saturated rings. The first-order valence-corrected chi connectivity index (χ1v) is 5.79. The Morgan fingerprint density at radius 2 is 2.31 bits per heavy atom. The number of nitrogens with zero attached hydrogens (tertiary/aromatic N) is 1. The fraction of sp³-hybridized carbons (Fsp3) is 0.364. The number of hydrogen-bond donors (Lipinski definition) is 3. The smallest absolute Gasteiger partial charge is 0.132 e. The summed E-state index contributed by atoms with van der Waals surface area (Å²) < 4.78 is 0. The molecule has 0 radical (unpaired) electrons. The van der Waals surface area contributed by atoms with Gasteiger partial charge in [0.25, 0.3) is 0 Å². The summed E-state index contributed by atoms with van der Waals surface area (Å²) in [5.74, 6) is 0.811. The lowest BCUT2D eigenvalue weighted by molar-refractivity contribution is 0.890. The van der Waals surface area contributed by atoms with Crippen LogP contribution >= 0.6 is 11.6 Å². The summed E-state index contributed by atoms with van der Waals surface area (Å²) in [6.45, 7) is 0.989. The monoisotopic (exact) mass is 236 g/mol. The first-order chi connectivity index (χ1) is 7.74. The van der Waals surface area contributed by atoms with Gasteiger partial charge in [0.2, 0.25) is 0 Å². The van der Waals surface area contributed by atoms with Crippen molar-refractivity contribution in [2.75, 3.05) is 17.6 Å². The highest BCUT2D eigenvalue weighted by Crippen LogP contribution is 2.32. The van der Waals surface area contributed by atoms with Crippen molar-refractivity contribution in [1.82, 2.24) is 10.2 Å². The number of rotatable bonds is 3. The average molecular weight is 237 g/mol. The van der Waals surface area contributed by atoms with Crippen molar-refractivity contribution in [1.29, 1.82) is 0 Å². The van der Waals surface area contributed by atoms with E-state index in [1.54, 1.807) is 0 Å². The largest absolute Gasteiger partial charge is 0.399 e. The molecule has 4 N–H and O–H groups in total. The van der Waals surface area contributed by atoms with Crippen molar-refractivity contribution in [3.63, 3.8) is 0 Å². The third-order valence-corrected chi connectivity index (χ3v) is 3.20. The van der Waals surface area contributed by atoms with E-state index in [4.69, 9.17) is 17.3 Å². The molecule has 84 valence electrons. The zero-order valence-corrected chi connectivity index (χ0v) is 9.51. The van der Waals surface area contributed by atoms with E-state index in [0.29, 0.717) is 10.8 Å². The molecule has 16 heavy (non-hydrogen) atoms. The molecule has 1 aromatic carbocycles. The van der Waals surface area contributed by atoms with Crippen molar-refractivity contribution in [3.05, 3.63) is 17.3 Å². The number of fused-ring (bicyclic) bond motifs is 1. The Hall–Kier alpha value is -1.42. The van der Waals surface area contributed by atoms with E-state index in [9.17, 15) is 0 Å². The fourth-order valence-corrected chi connectivity index (χ4v) is 2.01. The van der Waals surface area contributed by atoms with E-state index in [-0.39, 0.29) is 0 Å². The number of anilines is 2. The number of nitrogen functional groups attached to an aromatic ring is 1. The number of benzene rings is 1. The number of aromatic amines is 1. The molecule has 1 aliphatic carbocycles. The van der Waals surface area contributed by atoms with E-state index >= 15 is 0 Å². The van der Waals surface area contributed by atoms with E-state index < -0.39 is 0 Å². The van der Waals surface area contributed by atoms with Gasteiger partial charge in [0.1, 0.15) is 10.7 Å². The van der Waals surface area contributed by atoms with Crippen LogP contribution in [0.25, 0.3) is 10.9 Å². The second-order valence-electron chi connectivity index (χ2n) is 4.33. The zero-order chi connectivity index (χ0) is 11.1. The summed E-state index contributed by atoms with van der Waals surface area (Å²) in [5.41, 5.74) is 8.36. The zero-order valence-electron chi connectivity index (χ0n) is 8.76. The van der Waals surface area contributed by atoms with Crippen LogP contribution in [0.4, 0.5) is 11.4 Å². The summed E-state index contributed by atoms with van der Waals surface area (Å²) in [5, 5.41) is 11.7. The van der Waals surface area contributed by atoms with Crippen LogP contribution in [0.15, 0.2) is 12.1 Å². The Bertz CT molecular complexity index is 530. The van der Waals surface area contributed by atoms with Gasteiger partial charge in [-0.05, 0) is 30.9 Å². The van der Waals surface area contributed by atoms with E-state index in [1.807, 2.05) is 12.1 Å². The first kappa shape index (κ1) is 9.78. The molecule has 1 aromatic heterocycles. The van der Waals surface area contributed by atoms with Gasteiger partial charge in [-0.15, -0.1) is 0 Å². The van der Waals surface area contributed by atoms with Gasteiger partial charge in [0, 0.05) is 17.6 Å². The fourth-order valence-electron chi connectivity index (χ4n) is 1.82. The van der Waals surface area contributed by atoms with Crippen LogP contribution in [-0.4, -0.2) is 16.7 Å². The third-order valence-electron chi connectivity index (χ3n) is 2.91. The van der Waals surface area contributed by atoms with Crippen molar-refractivity contribution < 1.29 is 0 Å². The number of halogens is 1. The summed E-state index contributed by atoms with van der Waals surface area (Å²) in [7, 11) is 0. The molecule has 4 nitrogen and oxygen atoms in total. The van der Waals surface area contributed by atoms with Crippen molar-refractivity contribution in [2.45, 2.75) is 12.8 Å². The molecule has 2 aromatic rings. The molecular weight excluding hydrogens is 224 g/mol. The van der Waals surface area contributed by atoms with Crippen molar-refractivity contribution in [3.8, 4) is 0 Å². The standard InChI is InChI=1S/C11H13ClN4/c12-11-8-3-7(13)4-9(10(8)15-16-11)14-5-6-1-2-6/h3-4,6,14H,1-2,5,13H2,(H,15,16). The molecule has 0 amide bonds. The second kappa shape index (κ2) is 3.56. The lowest BCUT2D eigenvalue weighted by atomic mass is 10.2. The Labute approximate surface area is 98.2 Å². The average Bonchev–Trinajstić information content (AvgIpc) is 3.01. The second-order valence-corrected chi connectivity index (χ2v) is 4.70. The third kappa shape index (κ3) is 1.69. The summed E-state index contributed by atoms with van der Waals surface area (Å²) >= 11 is 5.99. The Balaban J connectivity index is 2.00. The molecule has 1 saturated carbocycles. The van der Waals surface area contributed by atoms with Gasteiger partial charge < -0.3 is 11.1 Å². The number of aromatic nitrogens is 2. The van der Waals surface area contributed by atoms with Crippen LogP contribution in [0, 0.1) is 5.92 Å². The summed E-state index contributed by atoms with van der Waals surface area (Å²) in [6.07, 6.45) is 2.64. The van der Waals surface area contributed by atoms with Crippen LogP contribution in [0.3, 0.4) is 0 Å². The molecule has 0 atom stereocenters. The SMILES string of the molecule is Nc1cc(NCC2CC2)c2n[nH]c(Cl)c2c1. The quantitative estimate of drug-likeness (QED) is 0.718. The summed E-state index contributed by atoms with van der Waals surface area (Å²) in [6, 6.07) is 3.74. The van der Waals surface area contributed by atoms with Crippen LogP contribution in [0.5, 0.6) is 0 Å². The molecule has 0 bridgehead atoms. The molecule has 3 rings (SSSR count). The van der Waals surface area contributed by atoms with Gasteiger partial charge in [0.05, 0.1) is 5.69 Å². The van der Waals surface area contributed by atoms with Crippen molar-refractivity contribution in [2.24, 2.45) is 5.92 Å². The minimum Gasteiger partial charge on any atom is -0.399 e. The highest BCUT2D eigenvalue weighted by Gasteiger charge is 2.21. The predicted octanol–water partition coefficient (Wildman–Crippen LogP) is 2.62. The Kier molecular flexibility index (Phi) is 2.17. The molecule has 0 saturated heterocycles. The van der Waals surface area contributed by atoms with E-state index in [0.717, 1.165) is 29.1 Å². The van der Waals surface area contributed by atoms with Crippen LogP contribution < -0.4 is 11.1 Å². The lowest BCUT2D eigenvalue weighted by Gasteiger charge is -2.07. The van der Waals surface area contributed by atoms with Gasteiger partial charge in [-0.25, -0.2) is 0 Å². The van der Waals surface area contributed by atoms with Gasteiger partial charge >= 0.3 is 0 Å². The predicted molar refractivity (Wildman–Crippen MR) is 66.7 cm³/mol. The minimum atomic E-state index is 0.539. The van der Waals surface area contributed by atoms with Gasteiger partial charge in [-0.3, -0.25) is 5.10 Å². The molecular formula is C11H13ClN4. The van der Waals surface area contributed by atoms with Gasteiger partial charge in [-0.1, -0.05) is 11.6 Å². The number of hydrogen-bond acceptors (Lipinski definition) is 3. The number of nitrogens with two attached hydrogens (primary N) is 1. The Morgan fingerprint density at radius 3 is 3.06 bits per heavy atom. The highest BCUT2D eigenvalue weighted by molar-refractivity contribution is 6.34. The van der Waals surface area contributed by atoms with Crippen LogP contribution in [0.2, 0.25) is 5.15 Å². The topological polar surface area (TPSA) is 66.7 Å². The molecule has 1 aliphatic rings. The lowest BCUT2D eigenvalue weighted by Crippen LogP contribution is -2.04. The molecule has 5 heteroatoms. The maximum atomic E-state index is 5.99. The van der Waals surface area contributed by atoms with Gasteiger partial charge in [-0.2, -0.15) is 5.10 Å². The molecule has 0 spiro atoms. The van der Waals surface area contributed by atoms with E-state index in [2.05, 4.69) is 15.5 Å². The number of nitrogens with one attached hydrogen (secondary N) is 2. The van der Waals surface area contributed by atoms with E-state index in [1.165, 1.54) is 12.8 Å². The van der Waals surface area contributed by atoms with Gasteiger partial charge in [0.15, 0.2) is 0 Å². The highest BCUT2D eigenvalue weighted by atomic mass is 35.5. The first-order valence-electron chi connectivity index (χ1n) is 5.41. The maximum Gasteiger partial charge on any atom is 0.132 e. The normalized spacial score (nSPS) is 15.6. The maximum absolute atomic E-state index is 5.99. The Morgan fingerprint density at radius 1 is 1.50 bits per heavy atom. The molecule has 0 aliphatic heterocycles. The number of H-pyrrole nitrogens is 1.